The summed E-state index contributed by atoms with van der Waals surface area (Å²) >= 11 is 3.23. The Morgan fingerprint density at radius 1 is 1.17 bits per heavy atom. The molecule has 3 rings (SSSR count). The van der Waals surface area contributed by atoms with Crippen LogP contribution in [0.5, 0.6) is 0 Å². The number of ether oxygens (including phenoxy) is 2. The number of carbonyl (C=O) groups is 1. The van der Waals surface area contributed by atoms with E-state index in [1.54, 1.807) is 0 Å². The fourth-order valence-electron chi connectivity index (χ4n) is 2.70. The number of esters is 1. The number of nitro groups is 1. The molecule has 0 saturated carbocycles. The molecule has 0 aliphatic carbocycles. The minimum absolute atomic E-state index is 0.0239. The van der Waals surface area contributed by atoms with Crippen LogP contribution < -0.4 is 0 Å². The number of non-ortho nitro benzene ring substituents is 1. The predicted molar refractivity (Wildman–Crippen MR) is 106 cm³/mol. The monoisotopic (exact) mass is 484 g/mol. The lowest BCUT2D eigenvalue weighted by Crippen LogP contribution is -2.40. The van der Waals surface area contributed by atoms with Crippen molar-refractivity contribution < 1.29 is 27.6 Å². The van der Waals surface area contributed by atoms with E-state index in [1.807, 2.05) is 0 Å². The molecule has 1 saturated heterocycles. The van der Waals surface area contributed by atoms with Gasteiger partial charge in [0, 0.05) is 29.7 Å². The lowest BCUT2D eigenvalue weighted by molar-refractivity contribution is -0.384. The first-order chi connectivity index (χ1) is 13.8. The van der Waals surface area contributed by atoms with Gasteiger partial charge in [-0.1, -0.05) is 0 Å². The number of sulfonamides is 1. The van der Waals surface area contributed by atoms with Gasteiger partial charge < -0.3 is 9.47 Å². The van der Waals surface area contributed by atoms with Gasteiger partial charge in [-0.15, -0.1) is 0 Å². The minimum Gasteiger partial charge on any atom is -0.457 e. The van der Waals surface area contributed by atoms with Gasteiger partial charge in [-0.25, -0.2) is 13.2 Å². The molecular weight excluding hydrogens is 468 g/mol. The minimum atomic E-state index is -3.79. The molecule has 0 unspecified atom stereocenters. The lowest BCUT2D eigenvalue weighted by atomic mass is 10.2. The molecule has 0 N–H and O–H groups in total. The quantitative estimate of drug-likeness (QED) is 0.351. The van der Waals surface area contributed by atoms with Crippen molar-refractivity contribution >= 4 is 37.6 Å². The second-order valence-electron chi connectivity index (χ2n) is 6.16. The number of benzene rings is 2. The molecule has 29 heavy (non-hydrogen) atoms. The highest BCUT2D eigenvalue weighted by Gasteiger charge is 2.29. The Labute approximate surface area is 175 Å². The molecule has 1 aliphatic rings. The summed E-state index contributed by atoms with van der Waals surface area (Å²) < 4.78 is 37.8. The molecule has 2 aromatic rings. The molecule has 0 amide bonds. The smallest absolute Gasteiger partial charge is 0.338 e. The zero-order chi connectivity index (χ0) is 21.0. The van der Waals surface area contributed by atoms with Gasteiger partial charge in [-0.05, 0) is 51.8 Å². The van der Waals surface area contributed by atoms with Crippen LogP contribution in [0.4, 0.5) is 5.69 Å². The third kappa shape index (κ3) is 4.99. The van der Waals surface area contributed by atoms with E-state index < -0.39 is 20.9 Å². The number of morpholine rings is 1. The van der Waals surface area contributed by atoms with Crippen LogP contribution in [0.15, 0.2) is 51.8 Å². The van der Waals surface area contributed by atoms with Crippen LogP contribution in [0.3, 0.4) is 0 Å². The number of hydrogen-bond donors (Lipinski definition) is 0. The molecule has 11 heteroatoms. The Bertz CT molecular complexity index is 1020. The van der Waals surface area contributed by atoms with E-state index in [0.717, 1.165) is 0 Å². The topological polar surface area (TPSA) is 116 Å². The van der Waals surface area contributed by atoms with Crippen LogP contribution in [0.2, 0.25) is 0 Å². The molecule has 1 heterocycles. The fraction of sp³-hybridized carbons (Fsp3) is 0.278. The number of nitro benzene ring substituents is 1. The third-order valence-corrected chi connectivity index (χ3v) is 7.16. The predicted octanol–water partition coefficient (Wildman–Crippen LogP) is 2.74. The van der Waals surface area contributed by atoms with Crippen LogP contribution in [0, 0.1) is 10.1 Å². The molecule has 0 spiro atoms. The maximum Gasteiger partial charge on any atom is 0.338 e. The summed E-state index contributed by atoms with van der Waals surface area (Å²) in [6, 6.07) is 9.82. The van der Waals surface area contributed by atoms with E-state index in [9.17, 15) is 23.3 Å². The van der Waals surface area contributed by atoms with Gasteiger partial charge in [0.15, 0.2) is 0 Å². The van der Waals surface area contributed by atoms with E-state index in [2.05, 4.69) is 15.9 Å². The molecular formula is C18H17BrN2O7S. The first kappa shape index (κ1) is 21.4. The van der Waals surface area contributed by atoms with Crippen LogP contribution in [0.1, 0.15) is 15.9 Å². The summed E-state index contributed by atoms with van der Waals surface area (Å²) in [6.07, 6.45) is 0. The van der Waals surface area contributed by atoms with Gasteiger partial charge in [-0.3, -0.25) is 10.1 Å². The first-order valence-electron chi connectivity index (χ1n) is 8.57. The number of hydrogen-bond acceptors (Lipinski definition) is 7. The Kier molecular flexibility index (Phi) is 6.63. The lowest BCUT2D eigenvalue weighted by Gasteiger charge is -2.26. The van der Waals surface area contributed by atoms with E-state index >= 15 is 0 Å². The average molecular weight is 485 g/mol. The van der Waals surface area contributed by atoms with E-state index in [4.69, 9.17) is 9.47 Å². The van der Waals surface area contributed by atoms with Gasteiger partial charge in [0.2, 0.25) is 10.0 Å². The zero-order valence-electron chi connectivity index (χ0n) is 15.1. The fourth-order valence-corrected chi connectivity index (χ4v) is 5.06. The van der Waals surface area contributed by atoms with Crippen molar-refractivity contribution in [2.75, 3.05) is 26.3 Å². The number of carbonyl (C=O) groups excluding carboxylic acids is 1. The summed E-state index contributed by atoms with van der Waals surface area (Å²) in [5.41, 5.74) is 0.593. The van der Waals surface area contributed by atoms with Crippen molar-refractivity contribution in [1.82, 2.24) is 4.31 Å². The van der Waals surface area contributed by atoms with Crippen LogP contribution in [-0.4, -0.2) is 49.9 Å². The maximum atomic E-state index is 12.9. The highest BCUT2D eigenvalue weighted by Crippen LogP contribution is 2.27. The van der Waals surface area contributed by atoms with Crippen molar-refractivity contribution in [1.29, 1.82) is 0 Å². The van der Waals surface area contributed by atoms with Crippen molar-refractivity contribution in [3.8, 4) is 0 Å². The second-order valence-corrected chi connectivity index (χ2v) is 8.92. The molecule has 0 radical (unpaired) electrons. The molecule has 1 aliphatic heterocycles. The average Bonchev–Trinajstić information content (AvgIpc) is 2.73. The third-order valence-electron chi connectivity index (χ3n) is 4.27. The van der Waals surface area contributed by atoms with Gasteiger partial charge in [-0.2, -0.15) is 4.31 Å². The van der Waals surface area contributed by atoms with Crippen molar-refractivity contribution in [2.24, 2.45) is 0 Å². The number of halogens is 1. The first-order valence-corrected chi connectivity index (χ1v) is 10.8. The Hall–Kier alpha value is -2.34. The summed E-state index contributed by atoms with van der Waals surface area (Å²) in [6.45, 7) is 1.01. The van der Waals surface area contributed by atoms with Crippen molar-refractivity contribution in [3.05, 3.63) is 68.2 Å². The second kappa shape index (κ2) is 8.99. The van der Waals surface area contributed by atoms with Crippen molar-refractivity contribution in [2.45, 2.75) is 11.5 Å². The highest BCUT2D eigenvalue weighted by atomic mass is 79.9. The summed E-state index contributed by atoms with van der Waals surface area (Å²) in [7, 11) is -3.79. The van der Waals surface area contributed by atoms with Crippen LogP contribution >= 0.6 is 15.9 Å². The van der Waals surface area contributed by atoms with Gasteiger partial charge >= 0.3 is 5.97 Å². The van der Waals surface area contributed by atoms with E-state index in [1.165, 1.54) is 46.8 Å². The normalized spacial score (nSPS) is 15.1. The zero-order valence-corrected chi connectivity index (χ0v) is 17.5. The summed E-state index contributed by atoms with van der Waals surface area (Å²) in [5.74, 6) is -0.700. The number of nitrogens with zero attached hydrogens (tertiary/aromatic N) is 2. The molecule has 0 bridgehead atoms. The van der Waals surface area contributed by atoms with Gasteiger partial charge in [0.05, 0.1) is 28.6 Å². The Balaban J connectivity index is 1.74. The van der Waals surface area contributed by atoms with E-state index in [-0.39, 0.29) is 35.8 Å². The Morgan fingerprint density at radius 3 is 2.45 bits per heavy atom. The summed E-state index contributed by atoms with van der Waals surface area (Å²) in [5, 5.41) is 10.7. The van der Waals surface area contributed by atoms with Crippen LogP contribution in [0.25, 0.3) is 0 Å². The van der Waals surface area contributed by atoms with Gasteiger partial charge in [0.25, 0.3) is 5.69 Å². The van der Waals surface area contributed by atoms with Crippen molar-refractivity contribution in [3.63, 3.8) is 0 Å². The molecule has 0 atom stereocenters. The van der Waals surface area contributed by atoms with Gasteiger partial charge in [0.1, 0.15) is 6.61 Å². The standard InChI is InChI=1S/C18H17BrN2O7S/c19-16-6-3-14(11-17(16)29(25,26)20-7-9-27-10-8-20)18(22)28-12-13-1-4-15(5-2-13)21(23)24/h1-6,11H,7-10,12H2. The largest absolute Gasteiger partial charge is 0.457 e. The Morgan fingerprint density at radius 2 is 1.83 bits per heavy atom. The molecule has 154 valence electrons. The molecule has 1 fully saturated rings. The highest BCUT2D eigenvalue weighted by molar-refractivity contribution is 9.10. The number of rotatable bonds is 6. The molecule has 0 aromatic heterocycles. The molecule has 2 aromatic carbocycles. The molecule has 9 nitrogen and oxygen atoms in total. The van der Waals surface area contributed by atoms with Crippen LogP contribution in [-0.2, 0) is 26.1 Å². The van der Waals surface area contributed by atoms with E-state index in [0.29, 0.717) is 23.2 Å². The summed E-state index contributed by atoms with van der Waals surface area (Å²) in [4.78, 5) is 22.5. The SMILES string of the molecule is O=C(OCc1ccc([N+](=O)[O-])cc1)c1ccc(Br)c(S(=O)(=O)N2CCOCC2)c1. The maximum absolute atomic E-state index is 12.9.